The topological polar surface area (TPSA) is 49.4 Å². The molecule has 3 rings (SSSR count). The Morgan fingerprint density at radius 2 is 1.81 bits per heavy atom. The van der Waals surface area contributed by atoms with Crippen LogP contribution >= 0.6 is 35.6 Å². The van der Waals surface area contributed by atoms with E-state index >= 15 is 0 Å². The lowest BCUT2D eigenvalue weighted by molar-refractivity contribution is -0.122. The average Bonchev–Trinajstić information content (AvgIpc) is 3.03. The first kappa shape index (κ1) is 23.3. The van der Waals surface area contributed by atoms with Crippen molar-refractivity contribution in [2.75, 3.05) is 11.9 Å². The number of allylic oxidation sites excluding steroid dienone is 2. The molecule has 0 radical (unpaired) electrons. The van der Waals surface area contributed by atoms with Crippen molar-refractivity contribution in [3.05, 3.63) is 82.2 Å². The Hall–Kier alpha value is -2.41. The molecular formula is C24H23ClN2O2S2. The molecule has 2 aromatic rings. The Morgan fingerprint density at radius 3 is 2.55 bits per heavy atom. The SMILES string of the molecule is O=C(CCCCCN1C(=O)/C(=C/C=C/c2ccccc2)SC1=S)Nc1ccc(Cl)cc1. The molecule has 0 saturated carbocycles. The number of anilines is 1. The quantitative estimate of drug-likeness (QED) is 0.265. The number of carbonyl (C=O) groups excluding carboxylic acids is 2. The molecule has 0 aromatic heterocycles. The summed E-state index contributed by atoms with van der Waals surface area (Å²) in [5, 5.41) is 3.49. The zero-order chi connectivity index (χ0) is 22.1. The lowest BCUT2D eigenvalue weighted by Crippen LogP contribution is -2.29. The predicted molar refractivity (Wildman–Crippen MR) is 134 cm³/mol. The van der Waals surface area contributed by atoms with Crippen molar-refractivity contribution in [1.82, 2.24) is 4.90 Å². The van der Waals surface area contributed by atoms with Gasteiger partial charge in [0.25, 0.3) is 5.91 Å². The standard InChI is InChI=1S/C24H23ClN2O2S2/c25-19-13-15-20(16-14-19)26-22(28)12-5-2-6-17-27-23(29)21(31-24(27)30)11-7-10-18-8-3-1-4-9-18/h1,3-4,7-11,13-16H,2,5-6,12,17H2,(H,26,28)/b10-7+,21-11-. The second-order valence-electron chi connectivity index (χ2n) is 6.99. The van der Waals surface area contributed by atoms with Crippen molar-refractivity contribution in [3.63, 3.8) is 0 Å². The number of carbonyl (C=O) groups is 2. The number of nitrogens with zero attached hydrogens (tertiary/aromatic N) is 1. The first-order valence-electron chi connectivity index (χ1n) is 10.1. The van der Waals surface area contributed by atoms with Crippen LogP contribution in [0.5, 0.6) is 0 Å². The van der Waals surface area contributed by atoms with Gasteiger partial charge in [0.15, 0.2) is 0 Å². The third kappa shape index (κ3) is 7.35. The molecular weight excluding hydrogens is 448 g/mol. The zero-order valence-corrected chi connectivity index (χ0v) is 19.3. The summed E-state index contributed by atoms with van der Waals surface area (Å²) in [5.74, 6) is -0.0748. The molecule has 1 aliphatic heterocycles. The number of amides is 2. The van der Waals surface area contributed by atoms with E-state index < -0.39 is 0 Å². The third-order valence-electron chi connectivity index (χ3n) is 4.62. The monoisotopic (exact) mass is 470 g/mol. The highest BCUT2D eigenvalue weighted by molar-refractivity contribution is 8.26. The summed E-state index contributed by atoms with van der Waals surface area (Å²) in [7, 11) is 0. The van der Waals surface area contributed by atoms with E-state index in [4.69, 9.17) is 23.8 Å². The Kier molecular flexibility index (Phi) is 8.88. The lowest BCUT2D eigenvalue weighted by atomic mass is 10.1. The Balaban J connectivity index is 1.38. The molecule has 0 bridgehead atoms. The average molecular weight is 471 g/mol. The van der Waals surface area contributed by atoms with Crippen molar-refractivity contribution in [3.8, 4) is 0 Å². The van der Waals surface area contributed by atoms with Crippen LogP contribution in [-0.2, 0) is 9.59 Å². The van der Waals surface area contributed by atoms with Gasteiger partial charge >= 0.3 is 0 Å². The van der Waals surface area contributed by atoms with Crippen LogP contribution in [0.25, 0.3) is 6.08 Å². The van der Waals surface area contributed by atoms with Crippen LogP contribution in [0.4, 0.5) is 5.69 Å². The van der Waals surface area contributed by atoms with Crippen molar-refractivity contribution in [2.24, 2.45) is 0 Å². The first-order chi connectivity index (χ1) is 15.0. The summed E-state index contributed by atoms with van der Waals surface area (Å²) in [6.45, 7) is 0.573. The molecule has 0 unspecified atom stereocenters. The van der Waals surface area contributed by atoms with Gasteiger partial charge in [-0.05, 0) is 48.7 Å². The maximum absolute atomic E-state index is 12.6. The fourth-order valence-electron chi connectivity index (χ4n) is 3.01. The van der Waals surface area contributed by atoms with Gasteiger partial charge in [-0.1, -0.05) is 84.5 Å². The minimum absolute atomic E-state index is 0.0268. The van der Waals surface area contributed by atoms with Gasteiger partial charge in [0.05, 0.1) is 4.91 Å². The van der Waals surface area contributed by atoms with Gasteiger partial charge in [-0.15, -0.1) is 0 Å². The fourth-order valence-corrected chi connectivity index (χ4v) is 4.39. The summed E-state index contributed by atoms with van der Waals surface area (Å²) in [4.78, 5) is 26.9. The molecule has 1 heterocycles. The summed E-state index contributed by atoms with van der Waals surface area (Å²) in [6, 6.07) is 17.0. The number of halogens is 1. The highest BCUT2D eigenvalue weighted by Gasteiger charge is 2.30. The molecule has 0 aliphatic carbocycles. The smallest absolute Gasteiger partial charge is 0.266 e. The number of nitrogens with one attached hydrogen (secondary N) is 1. The molecule has 160 valence electrons. The minimum atomic E-state index is -0.0480. The molecule has 4 nitrogen and oxygen atoms in total. The molecule has 1 N–H and O–H groups in total. The molecule has 7 heteroatoms. The van der Waals surface area contributed by atoms with E-state index in [0.717, 1.165) is 30.5 Å². The number of hydrogen-bond donors (Lipinski definition) is 1. The van der Waals surface area contributed by atoms with Crippen molar-refractivity contribution in [1.29, 1.82) is 0 Å². The van der Waals surface area contributed by atoms with Crippen LogP contribution < -0.4 is 5.32 Å². The highest BCUT2D eigenvalue weighted by atomic mass is 35.5. The Bertz CT molecular complexity index is 988. The normalized spacial score (nSPS) is 15.3. The second-order valence-corrected chi connectivity index (χ2v) is 9.10. The lowest BCUT2D eigenvalue weighted by Gasteiger charge is -2.14. The largest absolute Gasteiger partial charge is 0.326 e. The molecule has 1 saturated heterocycles. The van der Waals surface area contributed by atoms with E-state index in [1.54, 1.807) is 29.2 Å². The molecule has 2 amide bonds. The van der Waals surface area contributed by atoms with E-state index in [1.807, 2.05) is 48.6 Å². The van der Waals surface area contributed by atoms with Crippen LogP contribution in [0.1, 0.15) is 31.2 Å². The van der Waals surface area contributed by atoms with E-state index in [2.05, 4.69) is 5.32 Å². The van der Waals surface area contributed by atoms with Gasteiger partial charge < -0.3 is 5.32 Å². The summed E-state index contributed by atoms with van der Waals surface area (Å²) < 4.78 is 0.588. The van der Waals surface area contributed by atoms with Gasteiger partial charge in [-0.2, -0.15) is 0 Å². The summed E-state index contributed by atoms with van der Waals surface area (Å²) in [5.41, 5.74) is 1.81. The fraction of sp³-hybridized carbons (Fsp3) is 0.208. The van der Waals surface area contributed by atoms with Crippen molar-refractivity contribution in [2.45, 2.75) is 25.7 Å². The molecule has 0 spiro atoms. The zero-order valence-electron chi connectivity index (χ0n) is 16.9. The van der Waals surface area contributed by atoms with E-state index in [9.17, 15) is 9.59 Å². The highest BCUT2D eigenvalue weighted by Crippen LogP contribution is 2.31. The van der Waals surface area contributed by atoms with Crippen LogP contribution in [0.3, 0.4) is 0 Å². The van der Waals surface area contributed by atoms with Gasteiger partial charge in [0.1, 0.15) is 4.32 Å². The van der Waals surface area contributed by atoms with E-state index in [1.165, 1.54) is 11.8 Å². The van der Waals surface area contributed by atoms with E-state index in [0.29, 0.717) is 27.2 Å². The summed E-state index contributed by atoms with van der Waals surface area (Å²) in [6.07, 6.45) is 8.48. The van der Waals surface area contributed by atoms with Gasteiger partial charge in [-0.3, -0.25) is 14.5 Å². The number of hydrogen-bond acceptors (Lipinski definition) is 4. The number of benzene rings is 2. The Morgan fingerprint density at radius 1 is 1.06 bits per heavy atom. The second kappa shape index (κ2) is 11.8. The van der Waals surface area contributed by atoms with E-state index in [-0.39, 0.29) is 11.8 Å². The number of thiocarbonyl (C=S) groups is 1. The minimum Gasteiger partial charge on any atom is -0.326 e. The molecule has 1 aliphatic rings. The number of rotatable bonds is 9. The molecule has 2 aromatic carbocycles. The van der Waals surface area contributed by atoms with Crippen molar-refractivity contribution < 1.29 is 9.59 Å². The molecule has 31 heavy (non-hydrogen) atoms. The van der Waals surface area contributed by atoms with Gasteiger partial charge in [-0.25, -0.2) is 0 Å². The van der Waals surface area contributed by atoms with Crippen LogP contribution in [0.2, 0.25) is 5.02 Å². The van der Waals surface area contributed by atoms with Crippen LogP contribution in [0, 0.1) is 0 Å². The Labute approximate surface area is 197 Å². The van der Waals surface area contributed by atoms with Crippen LogP contribution in [-0.4, -0.2) is 27.6 Å². The van der Waals surface area contributed by atoms with Crippen LogP contribution in [0.15, 0.2) is 71.7 Å². The molecule has 1 fully saturated rings. The van der Waals surface area contributed by atoms with Gasteiger partial charge in [0, 0.05) is 23.7 Å². The first-order valence-corrected chi connectivity index (χ1v) is 11.7. The predicted octanol–water partition coefficient (Wildman–Crippen LogP) is 6.30. The summed E-state index contributed by atoms with van der Waals surface area (Å²) >= 11 is 12.5. The number of unbranched alkanes of at least 4 members (excludes halogenated alkanes) is 2. The van der Waals surface area contributed by atoms with Crippen molar-refractivity contribution >= 4 is 63.5 Å². The maximum atomic E-state index is 12.6. The maximum Gasteiger partial charge on any atom is 0.266 e. The van der Waals surface area contributed by atoms with Gasteiger partial charge in [0.2, 0.25) is 5.91 Å². The number of thioether (sulfide) groups is 1. The molecule has 0 atom stereocenters. The third-order valence-corrected chi connectivity index (χ3v) is 6.27.